The van der Waals surface area contributed by atoms with Crippen LogP contribution in [0.4, 0.5) is 0 Å². The Labute approximate surface area is 151 Å². The standard InChI is InChI=1S/C19H30O5Si/c1-19(2,3)25(5,6)24-16(12-17(20)22-4)13-18(21)23-14-15-10-8-7-9-11-15/h7-11,16H,12-14H2,1-6H3/t16-/m0/s1. The van der Waals surface area contributed by atoms with Gasteiger partial charge in [0.25, 0.3) is 0 Å². The number of esters is 2. The minimum atomic E-state index is -2.12. The maximum atomic E-state index is 12.2. The Morgan fingerprint density at radius 2 is 1.60 bits per heavy atom. The molecule has 25 heavy (non-hydrogen) atoms. The summed E-state index contributed by atoms with van der Waals surface area (Å²) in [6, 6.07) is 9.48. The van der Waals surface area contributed by atoms with E-state index in [4.69, 9.17) is 13.9 Å². The van der Waals surface area contributed by atoms with Crippen molar-refractivity contribution in [2.24, 2.45) is 0 Å². The van der Waals surface area contributed by atoms with Crippen molar-refractivity contribution in [3.8, 4) is 0 Å². The highest BCUT2D eigenvalue weighted by atomic mass is 28.4. The smallest absolute Gasteiger partial charge is 0.308 e. The van der Waals surface area contributed by atoms with Crippen molar-refractivity contribution in [2.75, 3.05) is 7.11 Å². The summed E-state index contributed by atoms with van der Waals surface area (Å²) in [5.74, 6) is -0.768. The van der Waals surface area contributed by atoms with Gasteiger partial charge in [0.1, 0.15) is 6.61 Å². The van der Waals surface area contributed by atoms with E-state index in [2.05, 4.69) is 33.9 Å². The molecule has 0 amide bonds. The van der Waals surface area contributed by atoms with Crippen LogP contribution in [0.1, 0.15) is 39.2 Å². The first kappa shape index (κ1) is 21.4. The molecule has 0 N–H and O–H groups in total. The first-order valence-electron chi connectivity index (χ1n) is 8.49. The first-order chi connectivity index (χ1) is 11.5. The number of rotatable bonds is 8. The molecule has 1 aromatic carbocycles. The van der Waals surface area contributed by atoms with E-state index in [-0.39, 0.29) is 36.4 Å². The van der Waals surface area contributed by atoms with Crippen molar-refractivity contribution in [3.05, 3.63) is 35.9 Å². The predicted molar refractivity (Wildman–Crippen MR) is 99.6 cm³/mol. The fourth-order valence-corrected chi connectivity index (χ4v) is 3.35. The SMILES string of the molecule is COC(=O)C[C@@H](CC(=O)OCc1ccccc1)O[Si](C)(C)C(C)(C)C. The minimum absolute atomic E-state index is 0.0185. The third-order valence-corrected chi connectivity index (χ3v) is 9.06. The Morgan fingerprint density at radius 1 is 1.04 bits per heavy atom. The number of carbonyl (C=O) groups is 2. The fourth-order valence-electron chi connectivity index (χ4n) is 2.00. The van der Waals surface area contributed by atoms with Crippen molar-refractivity contribution in [1.82, 2.24) is 0 Å². The molecule has 1 rings (SSSR count). The van der Waals surface area contributed by atoms with Crippen molar-refractivity contribution in [3.63, 3.8) is 0 Å². The van der Waals surface area contributed by atoms with Crippen LogP contribution in [0.2, 0.25) is 18.1 Å². The molecule has 0 unspecified atom stereocenters. The van der Waals surface area contributed by atoms with Gasteiger partial charge >= 0.3 is 11.9 Å². The molecular formula is C19H30O5Si. The lowest BCUT2D eigenvalue weighted by Crippen LogP contribution is -2.45. The maximum Gasteiger partial charge on any atom is 0.308 e. The molecule has 0 bridgehead atoms. The molecule has 0 saturated carbocycles. The molecule has 0 heterocycles. The Bertz CT molecular complexity index is 563. The molecule has 0 radical (unpaired) electrons. The van der Waals surface area contributed by atoms with E-state index in [0.717, 1.165) is 5.56 Å². The number of hydrogen-bond acceptors (Lipinski definition) is 5. The van der Waals surface area contributed by atoms with Crippen LogP contribution in [0.3, 0.4) is 0 Å². The number of benzene rings is 1. The molecule has 1 aromatic rings. The largest absolute Gasteiger partial charge is 0.469 e. The van der Waals surface area contributed by atoms with E-state index >= 15 is 0 Å². The lowest BCUT2D eigenvalue weighted by atomic mass is 10.2. The predicted octanol–water partition coefficient (Wildman–Crippen LogP) is 4.07. The van der Waals surface area contributed by atoms with Gasteiger partial charge in [0, 0.05) is 0 Å². The van der Waals surface area contributed by atoms with Gasteiger partial charge in [-0.25, -0.2) is 0 Å². The normalized spacial score (nSPS) is 13.2. The molecule has 5 nitrogen and oxygen atoms in total. The van der Waals surface area contributed by atoms with Crippen LogP contribution in [-0.2, 0) is 30.1 Å². The van der Waals surface area contributed by atoms with E-state index in [1.807, 2.05) is 30.3 Å². The molecule has 0 spiro atoms. The van der Waals surface area contributed by atoms with Crippen molar-refractivity contribution in [2.45, 2.75) is 64.5 Å². The second-order valence-corrected chi connectivity index (χ2v) is 12.4. The van der Waals surface area contributed by atoms with Crippen LogP contribution in [0.15, 0.2) is 30.3 Å². The van der Waals surface area contributed by atoms with Crippen LogP contribution in [0, 0.1) is 0 Å². The van der Waals surface area contributed by atoms with E-state index in [0.29, 0.717) is 0 Å². The summed E-state index contributed by atoms with van der Waals surface area (Å²) in [4.78, 5) is 23.9. The van der Waals surface area contributed by atoms with E-state index in [9.17, 15) is 9.59 Å². The number of methoxy groups -OCH3 is 1. The van der Waals surface area contributed by atoms with Crippen LogP contribution in [-0.4, -0.2) is 33.5 Å². The summed E-state index contributed by atoms with van der Waals surface area (Å²) in [6.45, 7) is 10.7. The van der Waals surface area contributed by atoms with Crippen molar-refractivity contribution >= 4 is 20.3 Å². The molecule has 0 aliphatic carbocycles. The fraction of sp³-hybridized carbons (Fsp3) is 0.579. The Morgan fingerprint density at radius 3 is 2.12 bits per heavy atom. The van der Waals surface area contributed by atoms with Gasteiger partial charge in [0.2, 0.25) is 0 Å². The maximum absolute atomic E-state index is 12.2. The highest BCUT2D eigenvalue weighted by Gasteiger charge is 2.40. The second kappa shape index (κ2) is 9.15. The summed E-state index contributed by atoms with van der Waals surface area (Å²) in [6.07, 6.45) is -0.450. The van der Waals surface area contributed by atoms with Gasteiger partial charge < -0.3 is 13.9 Å². The lowest BCUT2D eigenvalue weighted by Gasteiger charge is -2.38. The van der Waals surface area contributed by atoms with Crippen LogP contribution in [0.5, 0.6) is 0 Å². The topological polar surface area (TPSA) is 61.8 Å². The molecule has 6 heteroatoms. The first-order valence-corrected chi connectivity index (χ1v) is 11.4. The summed E-state index contributed by atoms with van der Waals surface area (Å²) in [5.41, 5.74) is 0.922. The average Bonchev–Trinajstić information content (AvgIpc) is 2.52. The second-order valence-electron chi connectivity index (χ2n) is 7.63. The number of hydrogen-bond donors (Lipinski definition) is 0. The zero-order chi connectivity index (χ0) is 19.1. The Kier molecular flexibility index (Phi) is 7.83. The van der Waals surface area contributed by atoms with Gasteiger partial charge in [-0.3, -0.25) is 9.59 Å². The molecule has 140 valence electrons. The summed E-state index contributed by atoms with van der Waals surface area (Å²) in [7, 11) is -0.784. The average molecular weight is 367 g/mol. The third-order valence-electron chi connectivity index (χ3n) is 4.53. The zero-order valence-electron chi connectivity index (χ0n) is 16.1. The van der Waals surface area contributed by atoms with Crippen molar-refractivity contribution in [1.29, 1.82) is 0 Å². The highest BCUT2D eigenvalue weighted by Crippen LogP contribution is 2.38. The molecule has 0 saturated heterocycles. The van der Waals surface area contributed by atoms with Gasteiger partial charge in [-0.2, -0.15) is 0 Å². The quantitative estimate of drug-likeness (QED) is 0.512. The molecule has 0 fully saturated rings. The van der Waals surface area contributed by atoms with Gasteiger partial charge in [0.15, 0.2) is 8.32 Å². The van der Waals surface area contributed by atoms with Gasteiger partial charge in [-0.05, 0) is 23.7 Å². The zero-order valence-corrected chi connectivity index (χ0v) is 17.1. The van der Waals surface area contributed by atoms with Crippen LogP contribution < -0.4 is 0 Å². The van der Waals surface area contributed by atoms with E-state index in [1.54, 1.807) is 0 Å². The third kappa shape index (κ3) is 7.40. The Hall–Kier alpha value is -1.66. The van der Waals surface area contributed by atoms with E-state index in [1.165, 1.54) is 7.11 Å². The summed E-state index contributed by atoms with van der Waals surface area (Å²) >= 11 is 0. The number of carbonyl (C=O) groups excluding carboxylic acids is 2. The highest BCUT2D eigenvalue weighted by molar-refractivity contribution is 6.74. The molecule has 0 aliphatic heterocycles. The van der Waals surface area contributed by atoms with Gasteiger partial charge in [0.05, 0.1) is 26.1 Å². The van der Waals surface area contributed by atoms with Crippen molar-refractivity contribution < 1.29 is 23.5 Å². The molecule has 1 atom stereocenters. The van der Waals surface area contributed by atoms with Crippen LogP contribution >= 0.6 is 0 Å². The summed E-state index contributed by atoms with van der Waals surface area (Å²) in [5, 5.41) is -0.0185. The van der Waals surface area contributed by atoms with Crippen LogP contribution in [0.25, 0.3) is 0 Å². The monoisotopic (exact) mass is 366 g/mol. The molecular weight excluding hydrogens is 336 g/mol. The van der Waals surface area contributed by atoms with E-state index < -0.39 is 14.4 Å². The lowest BCUT2D eigenvalue weighted by molar-refractivity contribution is -0.148. The molecule has 0 aliphatic rings. The summed E-state index contributed by atoms with van der Waals surface area (Å²) < 4.78 is 16.3. The Balaban J connectivity index is 2.69. The van der Waals surface area contributed by atoms with Gasteiger partial charge in [-0.15, -0.1) is 0 Å². The molecule has 0 aromatic heterocycles. The minimum Gasteiger partial charge on any atom is -0.469 e. The number of ether oxygens (including phenoxy) is 2. The van der Waals surface area contributed by atoms with Gasteiger partial charge in [-0.1, -0.05) is 51.1 Å².